The number of hydrogen-bond donors (Lipinski definition) is 0. The van der Waals surface area contributed by atoms with E-state index in [4.69, 9.17) is 16.3 Å². The Hall–Kier alpha value is -1.30. The number of benzene rings is 3. The third-order valence-electron chi connectivity index (χ3n) is 4.18. The van der Waals surface area contributed by atoms with Crippen molar-refractivity contribution < 1.29 is 44.2 Å². The third-order valence-corrected chi connectivity index (χ3v) is 4.99. The molecule has 3 aromatic rings. The number of ether oxygens (including phenoxy) is 1. The van der Waals surface area contributed by atoms with Crippen LogP contribution in [0.4, 0.5) is 0 Å². The van der Waals surface area contributed by atoms with E-state index < -0.39 is 5.97 Å². The summed E-state index contributed by atoms with van der Waals surface area (Å²) < 4.78 is 6.87. The molecule has 0 heterocycles. The van der Waals surface area contributed by atoms with Crippen molar-refractivity contribution in [3.8, 4) is 5.75 Å². The van der Waals surface area contributed by atoms with Gasteiger partial charge in [0, 0.05) is 5.02 Å². The van der Waals surface area contributed by atoms with E-state index >= 15 is 0 Å². The molecule has 0 saturated heterocycles. The molecule has 0 amide bonds. The van der Waals surface area contributed by atoms with Crippen LogP contribution in [0.2, 0.25) is 5.02 Å². The Bertz CT molecular complexity index is 931. The van der Waals surface area contributed by atoms with Crippen LogP contribution in [0.3, 0.4) is 0 Å². The van der Waals surface area contributed by atoms with Crippen molar-refractivity contribution in [1.82, 2.24) is 0 Å². The smallest absolute Gasteiger partial charge is 0.545 e. The molecular weight excluding hydrogens is 451 g/mol. The first kappa shape index (κ1) is 23.0. The fourth-order valence-corrected chi connectivity index (χ4v) is 3.77. The van der Waals surface area contributed by atoms with Crippen LogP contribution in [-0.2, 0) is 19.4 Å². The van der Waals surface area contributed by atoms with Crippen molar-refractivity contribution >= 4 is 33.5 Å². The van der Waals surface area contributed by atoms with Crippen molar-refractivity contribution in [2.45, 2.75) is 19.4 Å². The summed E-state index contributed by atoms with van der Waals surface area (Å²) in [6, 6.07) is 20.4. The Balaban J connectivity index is 0.00000280. The maximum absolute atomic E-state index is 10.9. The molecule has 28 heavy (non-hydrogen) atoms. The third kappa shape index (κ3) is 6.36. The van der Waals surface area contributed by atoms with Crippen molar-refractivity contribution in [1.29, 1.82) is 0 Å². The number of rotatable bonds is 7. The van der Waals surface area contributed by atoms with Crippen LogP contribution in [0.5, 0.6) is 5.75 Å². The van der Waals surface area contributed by atoms with Crippen LogP contribution in [-0.4, -0.2) is 5.97 Å². The summed E-state index contributed by atoms with van der Waals surface area (Å²) in [7, 11) is 0. The molecule has 3 nitrogen and oxygen atoms in total. The number of carbonyl (C=O) groups excluding carboxylic acids is 1. The molecule has 138 valence electrons. The van der Waals surface area contributed by atoms with Crippen LogP contribution in [0.1, 0.15) is 27.0 Å². The van der Waals surface area contributed by atoms with E-state index in [0.29, 0.717) is 18.1 Å². The number of carboxylic acids is 1. The average molecular weight is 468 g/mol. The van der Waals surface area contributed by atoms with Crippen LogP contribution in [0.25, 0.3) is 0 Å². The topological polar surface area (TPSA) is 49.4 Å². The van der Waals surface area contributed by atoms with Gasteiger partial charge >= 0.3 is 29.6 Å². The van der Waals surface area contributed by atoms with Gasteiger partial charge in [0.2, 0.25) is 0 Å². The predicted octanol–water partition coefficient (Wildman–Crippen LogP) is 1.83. The summed E-state index contributed by atoms with van der Waals surface area (Å²) in [6.07, 6.45) is 1.45. The van der Waals surface area contributed by atoms with Crippen LogP contribution < -0.4 is 39.4 Å². The molecule has 0 bridgehead atoms. The van der Waals surface area contributed by atoms with E-state index in [1.54, 1.807) is 24.3 Å². The predicted molar refractivity (Wildman–Crippen MR) is 108 cm³/mol. The van der Waals surface area contributed by atoms with E-state index in [1.165, 1.54) is 0 Å². The number of carbonyl (C=O) groups is 1. The molecule has 0 atom stereocenters. The van der Waals surface area contributed by atoms with E-state index in [2.05, 4.69) is 15.9 Å². The monoisotopic (exact) mass is 466 g/mol. The van der Waals surface area contributed by atoms with E-state index in [9.17, 15) is 9.90 Å². The minimum Gasteiger partial charge on any atom is -0.545 e. The molecule has 0 aliphatic carbocycles. The molecule has 0 unspecified atom stereocenters. The van der Waals surface area contributed by atoms with Gasteiger partial charge in [-0.15, -0.1) is 0 Å². The molecule has 0 fully saturated rings. The number of halogens is 2. The van der Waals surface area contributed by atoms with Gasteiger partial charge in [-0.2, -0.15) is 0 Å². The first-order valence-electron chi connectivity index (χ1n) is 8.48. The maximum Gasteiger partial charge on any atom is 1.00 e. The molecule has 3 rings (SSSR count). The number of carboxylic acid groups (broad SMARTS) is 1. The minimum absolute atomic E-state index is 0. The second-order valence-corrected chi connectivity index (χ2v) is 7.43. The molecule has 6 heteroatoms. The number of hydrogen-bond acceptors (Lipinski definition) is 3. The summed E-state index contributed by atoms with van der Waals surface area (Å²) in [6.45, 7) is 0.467. The number of aromatic carboxylic acids is 1. The number of aryl methyl sites for hydroxylation is 2. The van der Waals surface area contributed by atoms with Crippen molar-refractivity contribution in [2.75, 3.05) is 0 Å². The summed E-state index contributed by atoms with van der Waals surface area (Å²) >= 11 is 9.76. The Labute approximate surface area is 200 Å². The standard InChI is InChI=1S/C22H18BrClO3.Na/c23-20-13-19(24)12-18(21(20)27-14-16-4-2-1-3-5-16)11-8-15-6-9-17(10-7-15)22(25)26;/h1-7,9-10,12-13H,8,11,14H2,(H,25,26);/q;+1/p-1. The van der Waals surface area contributed by atoms with Gasteiger partial charge in [-0.1, -0.05) is 66.2 Å². The molecule has 0 N–H and O–H groups in total. The van der Waals surface area contributed by atoms with E-state index in [-0.39, 0.29) is 35.1 Å². The quantitative estimate of drug-likeness (QED) is 0.498. The van der Waals surface area contributed by atoms with Gasteiger partial charge in [0.1, 0.15) is 12.4 Å². The Morgan fingerprint density at radius 3 is 2.29 bits per heavy atom. The maximum atomic E-state index is 10.9. The van der Waals surface area contributed by atoms with E-state index in [0.717, 1.165) is 33.3 Å². The van der Waals surface area contributed by atoms with Gasteiger partial charge in [0.15, 0.2) is 0 Å². The Kier molecular flexibility index (Phi) is 9.06. The summed E-state index contributed by atoms with van der Waals surface area (Å²) in [5.41, 5.74) is 3.29. The summed E-state index contributed by atoms with van der Waals surface area (Å²) in [5.74, 6) is -0.397. The Morgan fingerprint density at radius 2 is 1.64 bits per heavy atom. The second-order valence-electron chi connectivity index (χ2n) is 6.13. The van der Waals surface area contributed by atoms with Crippen molar-refractivity contribution in [3.05, 3.63) is 98.5 Å². The van der Waals surface area contributed by atoms with Crippen molar-refractivity contribution in [3.63, 3.8) is 0 Å². The van der Waals surface area contributed by atoms with Crippen LogP contribution in [0.15, 0.2) is 71.2 Å². The zero-order valence-electron chi connectivity index (χ0n) is 15.5. The van der Waals surface area contributed by atoms with Gasteiger partial charge in [-0.3, -0.25) is 0 Å². The molecule has 0 aliphatic heterocycles. The second kappa shape index (κ2) is 11.0. The van der Waals surface area contributed by atoms with Crippen LogP contribution >= 0.6 is 27.5 Å². The molecule has 0 aliphatic rings. The summed E-state index contributed by atoms with van der Waals surface area (Å²) in [5, 5.41) is 11.5. The summed E-state index contributed by atoms with van der Waals surface area (Å²) in [4.78, 5) is 10.9. The normalized spacial score (nSPS) is 10.2. The molecule has 0 radical (unpaired) electrons. The zero-order chi connectivity index (χ0) is 19.2. The Morgan fingerprint density at radius 1 is 0.964 bits per heavy atom. The van der Waals surface area contributed by atoms with Crippen molar-refractivity contribution in [2.24, 2.45) is 0 Å². The van der Waals surface area contributed by atoms with E-state index in [1.807, 2.05) is 42.5 Å². The van der Waals surface area contributed by atoms with Gasteiger partial charge in [-0.05, 0) is 63.2 Å². The SMILES string of the molecule is O=C([O-])c1ccc(CCc2cc(Cl)cc(Br)c2OCc2ccccc2)cc1.[Na+]. The first-order chi connectivity index (χ1) is 13.0. The molecular formula is C22H17BrClNaO3. The first-order valence-corrected chi connectivity index (χ1v) is 9.65. The molecule has 0 aromatic heterocycles. The molecule has 0 saturated carbocycles. The van der Waals surface area contributed by atoms with Gasteiger partial charge in [0.05, 0.1) is 10.4 Å². The minimum atomic E-state index is -1.17. The van der Waals surface area contributed by atoms with Crippen LogP contribution in [0, 0.1) is 0 Å². The average Bonchev–Trinajstić information content (AvgIpc) is 2.66. The fourth-order valence-electron chi connectivity index (χ4n) is 2.78. The fraction of sp³-hybridized carbons (Fsp3) is 0.136. The molecule has 0 spiro atoms. The van der Waals surface area contributed by atoms with Gasteiger partial charge < -0.3 is 14.6 Å². The largest absolute Gasteiger partial charge is 1.00 e. The zero-order valence-corrected chi connectivity index (χ0v) is 19.8. The molecule has 3 aromatic carbocycles. The van der Waals surface area contributed by atoms with Gasteiger partial charge in [-0.25, -0.2) is 0 Å². The van der Waals surface area contributed by atoms with Gasteiger partial charge in [0.25, 0.3) is 0 Å².